The van der Waals surface area contributed by atoms with Gasteiger partial charge in [-0.2, -0.15) is 5.10 Å². The van der Waals surface area contributed by atoms with Crippen molar-refractivity contribution < 1.29 is 5.11 Å². The smallest absolute Gasteiger partial charge is 0.157 e. The Kier molecular flexibility index (Phi) is 3.15. The normalized spacial score (nSPS) is 15.8. The fourth-order valence-corrected chi connectivity index (χ4v) is 2.39. The largest absolute Gasteiger partial charge is 0.396 e. The zero-order chi connectivity index (χ0) is 12.4. The van der Waals surface area contributed by atoms with Gasteiger partial charge in [-0.05, 0) is 31.7 Å². The lowest BCUT2D eigenvalue weighted by atomic mass is 9.91. The highest BCUT2D eigenvalue weighted by atomic mass is 16.3. The predicted molar refractivity (Wildman–Crippen MR) is 69.7 cm³/mol. The number of aliphatic hydroxyl groups is 1. The van der Waals surface area contributed by atoms with E-state index in [0.29, 0.717) is 6.04 Å². The molecule has 2 aromatic rings. The molecule has 0 aliphatic heterocycles. The minimum Gasteiger partial charge on any atom is -0.396 e. The minimum atomic E-state index is 0.234. The Bertz CT molecular complexity index is 520. The van der Waals surface area contributed by atoms with Gasteiger partial charge in [-0.3, -0.25) is 0 Å². The molecule has 0 bridgehead atoms. The molecule has 96 valence electrons. The molecule has 1 aliphatic carbocycles. The molecular formula is C13H18N4O. The lowest BCUT2D eigenvalue weighted by Crippen LogP contribution is -2.41. The number of nitrogens with zero attached hydrogens (tertiary/aromatic N) is 4. The SMILES string of the molecule is OCCCN(c1ccn2nccc2n1)C1CCC1. The summed E-state index contributed by atoms with van der Waals surface area (Å²) in [5, 5.41) is 13.2. The molecule has 0 amide bonds. The molecule has 0 spiro atoms. The summed E-state index contributed by atoms with van der Waals surface area (Å²) in [4.78, 5) is 6.96. The van der Waals surface area contributed by atoms with Crippen LogP contribution in [0.1, 0.15) is 25.7 Å². The Labute approximate surface area is 106 Å². The Morgan fingerprint density at radius 1 is 1.39 bits per heavy atom. The van der Waals surface area contributed by atoms with Gasteiger partial charge >= 0.3 is 0 Å². The molecular weight excluding hydrogens is 228 g/mol. The van der Waals surface area contributed by atoms with Crippen LogP contribution in [0.25, 0.3) is 5.65 Å². The molecule has 0 atom stereocenters. The van der Waals surface area contributed by atoms with E-state index in [2.05, 4.69) is 15.0 Å². The summed E-state index contributed by atoms with van der Waals surface area (Å²) in [5.74, 6) is 1.00. The number of aromatic nitrogens is 3. The average molecular weight is 246 g/mol. The minimum absolute atomic E-state index is 0.234. The van der Waals surface area contributed by atoms with Crippen LogP contribution in [0.15, 0.2) is 24.5 Å². The second kappa shape index (κ2) is 4.94. The maximum atomic E-state index is 9.01. The van der Waals surface area contributed by atoms with Crippen LogP contribution in [0.4, 0.5) is 5.82 Å². The van der Waals surface area contributed by atoms with Crippen molar-refractivity contribution in [2.45, 2.75) is 31.7 Å². The molecule has 5 heteroatoms. The highest BCUT2D eigenvalue weighted by molar-refractivity contribution is 5.48. The first-order valence-electron chi connectivity index (χ1n) is 6.56. The van der Waals surface area contributed by atoms with Crippen LogP contribution in [-0.4, -0.2) is 38.9 Å². The first-order chi connectivity index (χ1) is 8.88. The number of hydrogen-bond donors (Lipinski definition) is 1. The standard InChI is InChI=1S/C13H18N4O/c18-10-2-8-16(11-3-1-4-11)12-6-9-17-13(15-12)5-7-14-17/h5-7,9,11,18H,1-4,8,10H2. The van der Waals surface area contributed by atoms with Crippen molar-refractivity contribution in [2.75, 3.05) is 18.1 Å². The Morgan fingerprint density at radius 2 is 2.28 bits per heavy atom. The summed E-state index contributed by atoms with van der Waals surface area (Å²) in [5.41, 5.74) is 0.876. The van der Waals surface area contributed by atoms with Gasteiger partial charge in [-0.1, -0.05) is 0 Å². The molecule has 1 fully saturated rings. The van der Waals surface area contributed by atoms with Gasteiger partial charge in [0.05, 0.1) is 6.20 Å². The second-order valence-electron chi connectivity index (χ2n) is 4.77. The van der Waals surface area contributed by atoms with Crippen molar-refractivity contribution in [3.05, 3.63) is 24.5 Å². The van der Waals surface area contributed by atoms with Gasteiger partial charge in [0, 0.05) is 31.5 Å². The molecule has 5 nitrogen and oxygen atoms in total. The van der Waals surface area contributed by atoms with Gasteiger partial charge in [0.2, 0.25) is 0 Å². The van der Waals surface area contributed by atoms with Crippen LogP contribution in [0.3, 0.4) is 0 Å². The van der Waals surface area contributed by atoms with Crippen LogP contribution in [0.2, 0.25) is 0 Å². The molecule has 18 heavy (non-hydrogen) atoms. The highest BCUT2D eigenvalue weighted by Crippen LogP contribution is 2.28. The number of fused-ring (bicyclic) bond motifs is 1. The molecule has 0 radical (unpaired) electrons. The number of anilines is 1. The van der Waals surface area contributed by atoms with Gasteiger partial charge in [-0.25, -0.2) is 9.50 Å². The predicted octanol–water partition coefficient (Wildman–Crippen LogP) is 1.47. The molecule has 2 aromatic heterocycles. The van der Waals surface area contributed by atoms with Crippen molar-refractivity contribution in [3.63, 3.8) is 0 Å². The maximum absolute atomic E-state index is 9.01. The van der Waals surface area contributed by atoms with E-state index in [1.807, 2.05) is 18.3 Å². The van der Waals surface area contributed by atoms with Crippen molar-refractivity contribution in [1.82, 2.24) is 14.6 Å². The second-order valence-corrected chi connectivity index (χ2v) is 4.77. The van der Waals surface area contributed by atoms with E-state index in [4.69, 9.17) is 5.11 Å². The lowest BCUT2D eigenvalue weighted by Gasteiger charge is -2.38. The van der Waals surface area contributed by atoms with Gasteiger partial charge in [0.25, 0.3) is 0 Å². The van der Waals surface area contributed by atoms with E-state index < -0.39 is 0 Å². The van der Waals surface area contributed by atoms with Crippen LogP contribution in [0.5, 0.6) is 0 Å². The third kappa shape index (κ3) is 2.06. The molecule has 2 heterocycles. The van der Waals surface area contributed by atoms with Gasteiger partial charge in [-0.15, -0.1) is 0 Å². The Morgan fingerprint density at radius 3 is 3.00 bits per heavy atom. The van der Waals surface area contributed by atoms with Crippen LogP contribution >= 0.6 is 0 Å². The third-order valence-corrected chi connectivity index (χ3v) is 3.61. The molecule has 0 saturated heterocycles. The van der Waals surface area contributed by atoms with E-state index >= 15 is 0 Å². The summed E-state index contributed by atoms with van der Waals surface area (Å²) in [7, 11) is 0. The van der Waals surface area contributed by atoms with Crippen molar-refractivity contribution in [1.29, 1.82) is 0 Å². The zero-order valence-corrected chi connectivity index (χ0v) is 10.4. The summed E-state index contributed by atoms with van der Waals surface area (Å²) in [6.07, 6.45) is 8.27. The van der Waals surface area contributed by atoms with Gasteiger partial charge < -0.3 is 10.0 Å². The van der Waals surface area contributed by atoms with E-state index in [9.17, 15) is 0 Å². The summed E-state index contributed by atoms with van der Waals surface area (Å²) in [6.45, 7) is 1.11. The fourth-order valence-electron chi connectivity index (χ4n) is 2.39. The molecule has 0 aromatic carbocycles. The zero-order valence-electron chi connectivity index (χ0n) is 10.4. The van der Waals surface area contributed by atoms with E-state index in [-0.39, 0.29) is 6.61 Å². The van der Waals surface area contributed by atoms with Crippen LogP contribution in [0, 0.1) is 0 Å². The van der Waals surface area contributed by atoms with E-state index in [1.54, 1.807) is 10.7 Å². The average Bonchev–Trinajstić information content (AvgIpc) is 2.78. The molecule has 0 unspecified atom stereocenters. The fraction of sp³-hybridized carbons (Fsp3) is 0.538. The number of rotatable bonds is 5. The van der Waals surface area contributed by atoms with Crippen molar-refractivity contribution in [3.8, 4) is 0 Å². The maximum Gasteiger partial charge on any atom is 0.157 e. The summed E-state index contributed by atoms with van der Waals surface area (Å²) >= 11 is 0. The topological polar surface area (TPSA) is 53.7 Å². The van der Waals surface area contributed by atoms with Gasteiger partial charge in [0.15, 0.2) is 5.65 Å². The third-order valence-electron chi connectivity index (χ3n) is 3.61. The molecule has 3 rings (SSSR count). The molecule has 1 N–H and O–H groups in total. The highest BCUT2D eigenvalue weighted by Gasteiger charge is 2.25. The van der Waals surface area contributed by atoms with Gasteiger partial charge in [0.1, 0.15) is 5.82 Å². The number of aliphatic hydroxyl groups excluding tert-OH is 1. The first kappa shape index (κ1) is 11.5. The van der Waals surface area contributed by atoms with Crippen LogP contribution in [-0.2, 0) is 0 Å². The number of hydrogen-bond acceptors (Lipinski definition) is 4. The monoisotopic (exact) mass is 246 g/mol. The van der Waals surface area contributed by atoms with Crippen molar-refractivity contribution in [2.24, 2.45) is 0 Å². The van der Waals surface area contributed by atoms with Crippen molar-refractivity contribution >= 4 is 11.5 Å². The Hall–Kier alpha value is -1.62. The molecule has 1 saturated carbocycles. The Balaban J connectivity index is 1.86. The van der Waals surface area contributed by atoms with Crippen LogP contribution < -0.4 is 4.90 Å². The summed E-state index contributed by atoms with van der Waals surface area (Å²) < 4.78 is 1.77. The summed E-state index contributed by atoms with van der Waals surface area (Å²) in [6, 6.07) is 4.51. The first-order valence-corrected chi connectivity index (χ1v) is 6.56. The molecule has 1 aliphatic rings. The van der Waals surface area contributed by atoms with E-state index in [1.165, 1.54) is 19.3 Å². The van der Waals surface area contributed by atoms with E-state index in [0.717, 1.165) is 24.4 Å². The quantitative estimate of drug-likeness (QED) is 0.868. The lowest BCUT2D eigenvalue weighted by molar-refractivity contribution is 0.282.